The largest absolute Gasteiger partial charge is 0.350 e. The molecule has 0 spiro atoms. The maximum atomic E-state index is 5.63. The van der Waals surface area contributed by atoms with Crippen LogP contribution in [0.2, 0.25) is 0 Å². The van der Waals surface area contributed by atoms with Crippen molar-refractivity contribution >= 4 is 5.84 Å². The maximum absolute atomic E-state index is 5.63. The normalized spacial score (nSPS) is 15.7. The summed E-state index contributed by atoms with van der Waals surface area (Å²) in [7, 11) is 0. The minimum Gasteiger partial charge on any atom is -0.350 e. The van der Waals surface area contributed by atoms with Gasteiger partial charge in [0.15, 0.2) is 0 Å². The van der Waals surface area contributed by atoms with Gasteiger partial charge in [0, 0.05) is 27.8 Å². The van der Waals surface area contributed by atoms with Gasteiger partial charge in [-0.05, 0) is 80.9 Å². The van der Waals surface area contributed by atoms with Crippen LogP contribution in [0, 0.1) is 0 Å². The molecular weight excluding hydrogens is 815 g/mol. The lowest BCUT2D eigenvalue weighted by molar-refractivity contribution is 0.409. The van der Waals surface area contributed by atoms with Crippen molar-refractivity contribution in [2.75, 3.05) is 0 Å². The van der Waals surface area contributed by atoms with Crippen LogP contribution in [0.1, 0.15) is 51.3 Å². The Hall–Kier alpha value is -8.51. The molecule has 0 amide bonds. The van der Waals surface area contributed by atoms with E-state index in [1.807, 2.05) is 12.1 Å². The molecule has 5 heteroatoms. The van der Waals surface area contributed by atoms with E-state index in [0.717, 1.165) is 67.6 Å². The highest BCUT2D eigenvalue weighted by atomic mass is 15.3. The Labute approximate surface area is 391 Å². The van der Waals surface area contributed by atoms with Crippen LogP contribution in [0.4, 0.5) is 0 Å². The van der Waals surface area contributed by atoms with E-state index in [9.17, 15) is 0 Å². The van der Waals surface area contributed by atoms with Crippen LogP contribution in [0.25, 0.3) is 56.2 Å². The molecule has 0 radical (unpaired) electrons. The van der Waals surface area contributed by atoms with Crippen molar-refractivity contribution < 1.29 is 0 Å². The zero-order valence-electron chi connectivity index (χ0n) is 36.7. The number of hydrogen-bond donors (Lipinski definition) is 2. The number of aliphatic imine (C=N–C) groups is 1. The first-order valence-electron chi connectivity index (χ1n) is 22.9. The summed E-state index contributed by atoms with van der Waals surface area (Å²) in [6.07, 6.45) is -0.708. The topological polar surface area (TPSA) is 62.2 Å². The summed E-state index contributed by atoms with van der Waals surface area (Å²) in [5.41, 5.74) is 17.9. The van der Waals surface area contributed by atoms with Crippen LogP contribution in [0.5, 0.6) is 0 Å². The fourth-order valence-electron chi connectivity index (χ4n) is 10.2. The Morgan fingerprint density at radius 1 is 0.358 bits per heavy atom. The van der Waals surface area contributed by atoms with Gasteiger partial charge in [-0.2, -0.15) is 0 Å². The summed E-state index contributed by atoms with van der Waals surface area (Å²) < 4.78 is 0. The highest BCUT2D eigenvalue weighted by molar-refractivity contribution is 6.08. The minimum absolute atomic E-state index is 0.307. The highest BCUT2D eigenvalue weighted by Gasteiger charge is 2.47. The standard InChI is InChI=1S/C62H45N5/c1-5-20-42(21-6-1)54-36-18-38-56(63-54)44-24-15-26-46(40-44)59-65-60(47-27-16-25-45(41-47)57-39-19-37-55(64-57)43-22-7-2-8-23-43)67-61(66-59)51-33-17-35-53-58(51)50-32-13-14-34-52(50)62(53,48-28-9-3-10-29-48)49-30-11-4-12-31-49/h1-41,59-60,65H,(H,66,67). The van der Waals surface area contributed by atoms with Crippen molar-refractivity contribution in [3.63, 3.8) is 0 Å². The number of benzene rings is 8. The van der Waals surface area contributed by atoms with E-state index in [4.69, 9.17) is 15.0 Å². The molecule has 0 bridgehead atoms. The molecule has 1 aliphatic heterocycles. The number of rotatable bonds is 9. The number of aromatic nitrogens is 2. The molecule has 2 N–H and O–H groups in total. The molecule has 8 aromatic carbocycles. The van der Waals surface area contributed by atoms with Crippen LogP contribution < -0.4 is 10.6 Å². The molecule has 2 unspecified atom stereocenters. The van der Waals surface area contributed by atoms with E-state index in [-0.39, 0.29) is 6.17 Å². The SMILES string of the molecule is c1ccc(-c2cccc(-c3cccc(C4N=C(c5cccc6c5-c5ccccc5C6(c5ccccc5)c5ccccc5)NC(c5cccc(-c6cccc(-c7ccccc7)n6)c5)N4)c3)n2)cc1. The molecule has 2 aromatic heterocycles. The van der Waals surface area contributed by atoms with Gasteiger partial charge in [-0.1, -0.05) is 212 Å². The number of pyridine rings is 2. The van der Waals surface area contributed by atoms with Crippen molar-refractivity contribution in [3.8, 4) is 56.2 Å². The summed E-state index contributed by atoms with van der Waals surface area (Å²) in [5.74, 6) is 0.821. The quantitative estimate of drug-likeness (QED) is 0.152. The van der Waals surface area contributed by atoms with Crippen molar-refractivity contribution in [2.45, 2.75) is 17.7 Å². The first kappa shape index (κ1) is 40.0. The first-order valence-corrected chi connectivity index (χ1v) is 22.9. The van der Waals surface area contributed by atoms with Crippen LogP contribution in [-0.4, -0.2) is 15.8 Å². The third kappa shape index (κ3) is 7.23. The van der Waals surface area contributed by atoms with Gasteiger partial charge in [-0.25, -0.2) is 15.0 Å². The predicted octanol–water partition coefficient (Wildman–Crippen LogP) is 13.8. The van der Waals surface area contributed by atoms with Crippen molar-refractivity contribution in [2.24, 2.45) is 4.99 Å². The minimum atomic E-state index is -0.540. The number of fused-ring (bicyclic) bond motifs is 3. The molecule has 67 heavy (non-hydrogen) atoms. The molecule has 2 atom stereocenters. The lowest BCUT2D eigenvalue weighted by atomic mass is 9.67. The Morgan fingerprint density at radius 3 is 1.39 bits per heavy atom. The number of hydrogen-bond acceptors (Lipinski definition) is 5. The zero-order valence-corrected chi connectivity index (χ0v) is 36.7. The van der Waals surface area contributed by atoms with Crippen molar-refractivity contribution in [3.05, 3.63) is 288 Å². The molecule has 3 heterocycles. The summed E-state index contributed by atoms with van der Waals surface area (Å²) in [4.78, 5) is 15.9. The van der Waals surface area contributed by atoms with Gasteiger partial charge in [-0.15, -0.1) is 0 Å². The monoisotopic (exact) mass is 859 g/mol. The average molecular weight is 860 g/mol. The Balaban J connectivity index is 1.01. The Bertz CT molecular complexity index is 3380. The molecule has 12 rings (SSSR count). The van der Waals surface area contributed by atoms with Gasteiger partial charge in [0.05, 0.1) is 28.2 Å². The molecule has 0 fully saturated rings. The van der Waals surface area contributed by atoms with Crippen molar-refractivity contribution in [1.29, 1.82) is 0 Å². The molecule has 318 valence electrons. The summed E-state index contributed by atoms with van der Waals surface area (Å²) >= 11 is 0. The Kier molecular flexibility index (Phi) is 10.2. The second-order valence-electron chi connectivity index (χ2n) is 17.2. The molecule has 10 aromatic rings. The third-order valence-electron chi connectivity index (χ3n) is 13.3. The van der Waals surface area contributed by atoms with Gasteiger partial charge in [0.25, 0.3) is 0 Å². The molecule has 0 saturated carbocycles. The predicted molar refractivity (Wildman–Crippen MR) is 272 cm³/mol. The maximum Gasteiger partial charge on any atom is 0.132 e. The fraction of sp³-hybridized carbons (Fsp3) is 0.0484. The van der Waals surface area contributed by atoms with Gasteiger partial charge in [-0.3, -0.25) is 5.32 Å². The van der Waals surface area contributed by atoms with Crippen LogP contribution in [0.15, 0.2) is 254 Å². The van der Waals surface area contributed by atoms with E-state index < -0.39 is 11.6 Å². The van der Waals surface area contributed by atoms with E-state index in [2.05, 4.69) is 247 Å². The number of amidine groups is 1. The summed E-state index contributed by atoms with van der Waals surface area (Å²) in [5, 5.41) is 7.88. The number of nitrogens with zero attached hydrogens (tertiary/aromatic N) is 3. The van der Waals surface area contributed by atoms with Gasteiger partial charge >= 0.3 is 0 Å². The van der Waals surface area contributed by atoms with Crippen LogP contribution >= 0.6 is 0 Å². The fourth-order valence-corrected chi connectivity index (χ4v) is 10.2. The van der Waals surface area contributed by atoms with E-state index in [0.29, 0.717) is 0 Å². The Morgan fingerprint density at radius 2 is 0.791 bits per heavy atom. The highest BCUT2D eigenvalue weighted by Crippen LogP contribution is 2.57. The van der Waals surface area contributed by atoms with Crippen LogP contribution in [0.3, 0.4) is 0 Å². The third-order valence-corrected chi connectivity index (χ3v) is 13.3. The first-order chi connectivity index (χ1) is 33.2. The van der Waals surface area contributed by atoms with Crippen molar-refractivity contribution in [1.82, 2.24) is 20.6 Å². The second kappa shape index (κ2) is 17.1. The summed E-state index contributed by atoms with van der Waals surface area (Å²) in [6, 6.07) is 88.1. The van der Waals surface area contributed by atoms with Gasteiger partial charge in [0.2, 0.25) is 0 Å². The van der Waals surface area contributed by atoms with Crippen LogP contribution in [-0.2, 0) is 5.41 Å². The molecule has 0 saturated heterocycles. The van der Waals surface area contributed by atoms with E-state index >= 15 is 0 Å². The average Bonchev–Trinajstić information content (AvgIpc) is 3.73. The van der Waals surface area contributed by atoms with Gasteiger partial charge in [0.1, 0.15) is 18.2 Å². The number of nitrogens with one attached hydrogen (secondary N) is 2. The second-order valence-corrected chi connectivity index (χ2v) is 17.2. The lowest BCUT2D eigenvalue weighted by Crippen LogP contribution is -2.45. The summed E-state index contributed by atoms with van der Waals surface area (Å²) in [6.45, 7) is 0. The van der Waals surface area contributed by atoms with E-state index in [1.165, 1.54) is 33.4 Å². The van der Waals surface area contributed by atoms with E-state index in [1.54, 1.807) is 0 Å². The molecule has 1 aliphatic carbocycles. The smallest absolute Gasteiger partial charge is 0.132 e. The van der Waals surface area contributed by atoms with Gasteiger partial charge < -0.3 is 5.32 Å². The lowest BCUT2D eigenvalue weighted by Gasteiger charge is -2.34. The molecule has 5 nitrogen and oxygen atoms in total. The zero-order chi connectivity index (χ0) is 44.6. The molecule has 2 aliphatic rings. The molecular formula is C62H45N5.